The number of aryl methyl sites for hydroxylation is 2. The molecule has 2 aliphatic rings. The Bertz CT molecular complexity index is 1550. The minimum absolute atomic E-state index is 0.192. The molecule has 0 saturated heterocycles. The molecule has 0 bridgehead atoms. The molecule has 6 heteroatoms. The normalized spacial score (nSPS) is 16.3. The first-order valence-corrected chi connectivity index (χ1v) is 16.0. The average molecular weight is 593 g/mol. The zero-order chi connectivity index (χ0) is 30.2. The maximum absolute atomic E-state index is 6.48. The molecule has 6 rings (SSSR count). The SMILES string of the molecule is CC1(C)C=Cc2c(ccc3c2OCC(c2ccc(OCCCC[n+]4ccccc4)cc2OCCCC[n+]2ccccc2)C3)O1. The third-order valence-corrected chi connectivity index (χ3v) is 8.28. The molecule has 0 N–H and O–H groups in total. The van der Waals surface area contributed by atoms with Gasteiger partial charge in [-0.15, -0.1) is 0 Å². The number of rotatable bonds is 13. The van der Waals surface area contributed by atoms with Gasteiger partial charge in [0.05, 0.1) is 25.4 Å². The second kappa shape index (κ2) is 14.0. The first-order chi connectivity index (χ1) is 21.5. The lowest BCUT2D eigenvalue weighted by Crippen LogP contribution is -2.32. The second-order valence-corrected chi connectivity index (χ2v) is 12.3. The van der Waals surface area contributed by atoms with E-state index in [-0.39, 0.29) is 11.5 Å². The summed E-state index contributed by atoms with van der Waals surface area (Å²) in [6.07, 6.45) is 17.6. The summed E-state index contributed by atoms with van der Waals surface area (Å²) in [5, 5.41) is 0. The summed E-state index contributed by atoms with van der Waals surface area (Å²) < 4.78 is 29.7. The zero-order valence-electron chi connectivity index (χ0n) is 26.0. The third kappa shape index (κ3) is 7.60. The fourth-order valence-corrected chi connectivity index (χ4v) is 5.91. The van der Waals surface area contributed by atoms with E-state index in [1.807, 2.05) is 12.1 Å². The van der Waals surface area contributed by atoms with E-state index < -0.39 is 0 Å². The van der Waals surface area contributed by atoms with Crippen molar-refractivity contribution in [2.24, 2.45) is 0 Å². The van der Waals surface area contributed by atoms with Crippen molar-refractivity contribution in [1.82, 2.24) is 0 Å². The van der Waals surface area contributed by atoms with Crippen LogP contribution < -0.4 is 28.1 Å². The molecule has 0 fully saturated rings. The predicted molar refractivity (Wildman–Crippen MR) is 171 cm³/mol. The molecule has 2 aliphatic heterocycles. The zero-order valence-corrected chi connectivity index (χ0v) is 26.0. The largest absolute Gasteiger partial charge is 0.493 e. The van der Waals surface area contributed by atoms with Gasteiger partial charge >= 0.3 is 0 Å². The summed E-state index contributed by atoms with van der Waals surface area (Å²) in [6, 6.07) is 22.9. The summed E-state index contributed by atoms with van der Waals surface area (Å²) in [5.41, 5.74) is 3.11. The summed E-state index contributed by atoms with van der Waals surface area (Å²) in [5.74, 6) is 3.77. The molecule has 6 nitrogen and oxygen atoms in total. The Morgan fingerprint density at radius 1 is 0.795 bits per heavy atom. The lowest BCUT2D eigenvalue weighted by Gasteiger charge is -2.32. The van der Waals surface area contributed by atoms with Gasteiger partial charge in [0.2, 0.25) is 0 Å². The fourth-order valence-electron chi connectivity index (χ4n) is 5.91. The minimum atomic E-state index is -0.310. The van der Waals surface area contributed by atoms with Gasteiger partial charge in [0.1, 0.15) is 41.7 Å². The summed E-state index contributed by atoms with van der Waals surface area (Å²) in [7, 11) is 0. The minimum Gasteiger partial charge on any atom is -0.493 e. The van der Waals surface area contributed by atoms with Crippen molar-refractivity contribution in [3.8, 4) is 23.0 Å². The summed E-state index contributed by atoms with van der Waals surface area (Å²) in [4.78, 5) is 0. The maximum atomic E-state index is 6.48. The van der Waals surface area contributed by atoms with Crippen LogP contribution in [0.2, 0.25) is 0 Å². The van der Waals surface area contributed by atoms with E-state index in [2.05, 4.69) is 115 Å². The van der Waals surface area contributed by atoms with Crippen molar-refractivity contribution < 1.29 is 28.1 Å². The Labute approximate surface area is 261 Å². The van der Waals surface area contributed by atoms with Gasteiger partial charge in [0.25, 0.3) is 0 Å². The van der Waals surface area contributed by atoms with Gasteiger partial charge in [0.15, 0.2) is 24.8 Å². The van der Waals surface area contributed by atoms with Gasteiger partial charge < -0.3 is 18.9 Å². The van der Waals surface area contributed by atoms with Crippen molar-refractivity contribution in [3.63, 3.8) is 0 Å². The number of hydrogen-bond acceptors (Lipinski definition) is 4. The van der Waals surface area contributed by atoms with Crippen molar-refractivity contribution in [3.05, 3.63) is 114 Å². The van der Waals surface area contributed by atoms with E-state index in [4.69, 9.17) is 18.9 Å². The highest BCUT2D eigenvalue weighted by Gasteiger charge is 2.30. The van der Waals surface area contributed by atoms with Crippen LogP contribution in [0.25, 0.3) is 6.08 Å². The Morgan fingerprint density at radius 3 is 2.18 bits per heavy atom. The van der Waals surface area contributed by atoms with Crippen LogP contribution in [-0.4, -0.2) is 25.4 Å². The molecule has 0 aliphatic carbocycles. The van der Waals surface area contributed by atoms with E-state index in [0.717, 1.165) is 73.8 Å². The van der Waals surface area contributed by atoms with Crippen LogP contribution in [0.5, 0.6) is 23.0 Å². The Hall–Kier alpha value is -4.32. The summed E-state index contributed by atoms with van der Waals surface area (Å²) in [6.45, 7) is 8.05. The van der Waals surface area contributed by atoms with Gasteiger partial charge in [-0.05, 0) is 63.0 Å². The topological polar surface area (TPSA) is 44.7 Å². The van der Waals surface area contributed by atoms with Crippen LogP contribution in [0.3, 0.4) is 0 Å². The Kier molecular flexibility index (Phi) is 9.45. The van der Waals surface area contributed by atoms with Crippen LogP contribution in [0, 0.1) is 0 Å². The van der Waals surface area contributed by atoms with Gasteiger partial charge in [-0.1, -0.05) is 24.3 Å². The average Bonchev–Trinajstić information content (AvgIpc) is 3.04. The smallest absolute Gasteiger partial charge is 0.168 e. The highest BCUT2D eigenvalue weighted by atomic mass is 16.5. The predicted octanol–water partition coefficient (Wildman–Crippen LogP) is 6.88. The van der Waals surface area contributed by atoms with E-state index in [1.54, 1.807) is 0 Å². The van der Waals surface area contributed by atoms with Gasteiger partial charge in [-0.3, -0.25) is 0 Å². The van der Waals surface area contributed by atoms with Gasteiger partial charge in [0, 0.05) is 54.7 Å². The van der Waals surface area contributed by atoms with Crippen LogP contribution in [0.1, 0.15) is 62.1 Å². The molecular weight excluding hydrogens is 548 g/mol. The monoisotopic (exact) mass is 592 g/mol. The standard InChI is InChI=1S/C38H44N2O4/c1-38(2)18-17-34-35(44-38)16-13-30-27-31(29-43-37(30)34)33-15-14-32(41-25-11-9-23-39-19-5-3-6-20-39)28-36(33)42-26-12-10-24-40-21-7-4-8-22-40/h3-8,13-22,28,31H,9-12,23-27,29H2,1-2H3/q+2. The first-order valence-electron chi connectivity index (χ1n) is 16.0. The van der Waals surface area contributed by atoms with E-state index >= 15 is 0 Å². The first kappa shape index (κ1) is 29.7. The summed E-state index contributed by atoms with van der Waals surface area (Å²) >= 11 is 0. The van der Waals surface area contributed by atoms with Crippen LogP contribution in [0.15, 0.2) is 97.6 Å². The Balaban J connectivity index is 1.11. The molecule has 1 unspecified atom stereocenters. The van der Waals surface area contributed by atoms with Crippen molar-refractivity contribution in [1.29, 1.82) is 0 Å². The number of nitrogens with zero attached hydrogens (tertiary/aromatic N) is 2. The van der Waals surface area contributed by atoms with Gasteiger partial charge in [-0.2, -0.15) is 0 Å². The highest BCUT2D eigenvalue weighted by Crippen LogP contribution is 2.44. The second-order valence-electron chi connectivity index (χ2n) is 12.3. The highest BCUT2D eigenvalue weighted by molar-refractivity contribution is 5.69. The molecule has 0 amide bonds. The number of ether oxygens (including phenoxy) is 4. The van der Waals surface area contributed by atoms with E-state index in [0.29, 0.717) is 19.8 Å². The number of hydrogen-bond donors (Lipinski definition) is 0. The lowest BCUT2D eigenvalue weighted by atomic mass is 9.88. The molecule has 2 aromatic carbocycles. The van der Waals surface area contributed by atoms with Gasteiger partial charge in [-0.25, -0.2) is 9.13 Å². The fraction of sp³-hybridized carbons (Fsp3) is 0.368. The molecule has 4 heterocycles. The number of pyridine rings is 2. The maximum Gasteiger partial charge on any atom is 0.168 e. The lowest BCUT2D eigenvalue weighted by molar-refractivity contribution is -0.697. The molecule has 0 radical (unpaired) electrons. The van der Waals surface area contributed by atoms with Crippen LogP contribution in [-0.2, 0) is 19.5 Å². The molecule has 4 aromatic rings. The molecule has 44 heavy (non-hydrogen) atoms. The van der Waals surface area contributed by atoms with Crippen molar-refractivity contribution in [2.75, 3.05) is 19.8 Å². The molecule has 228 valence electrons. The molecular formula is C38H44N2O4+2. The van der Waals surface area contributed by atoms with E-state index in [1.165, 1.54) is 11.1 Å². The number of unbranched alkanes of at least 4 members (excludes halogenated alkanes) is 2. The quantitative estimate of drug-likeness (QED) is 0.125. The molecule has 2 aromatic heterocycles. The molecule has 0 saturated carbocycles. The van der Waals surface area contributed by atoms with Crippen LogP contribution >= 0.6 is 0 Å². The number of fused-ring (bicyclic) bond motifs is 3. The number of benzene rings is 2. The Morgan fingerprint density at radius 2 is 1.48 bits per heavy atom. The van der Waals surface area contributed by atoms with Crippen molar-refractivity contribution in [2.45, 2.75) is 70.6 Å². The third-order valence-electron chi connectivity index (χ3n) is 8.28. The number of aromatic nitrogens is 2. The molecule has 0 spiro atoms. The van der Waals surface area contributed by atoms with Crippen LogP contribution in [0.4, 0.5) is 0 Å². The van der Waals surface area contributed by atoms with Crippen molar-refractivity contribution >= 4 is 6.08 Å². The molecule has 1 atom stereocenters. The van der Waals surface area contributed by atoms with E-state index in [9.17, 15) is 0 Å².